The van der Waals surface area contributed by atoms with Crippen molar-refractivity contribution >= 4 is 29.9 Å². The highest BCUT2D eigenvalue weighted by Gasteiger charge is 2.25. The molecule has 1 heterocycles. The Morgan fingerprint density at radius 3 is 2.39 bits per heavy atom. The fourth-order valence-electron chi connectivity index (χ4n) is 3.14. The summed E-state index contributed by atoms with van der Waals surface area (Å²) in [7, 11) is 0. The van der Waals surface area contributed by atoms with E-state index < -0.39 is 0 Å². The molecule has 1 aromatic carbocycles. The van der Waals surface area contributed by atoms with Crippen LogP contribution in [0.25, 0.3) is 5.69 Å². The van der Waals surface area contributed by atoms with Gasteiger partial charge in [0.25, 0.3) is 0 Å². The van der Waals surface area contributed by atoms with Crippen LogP contribution in [0.2, 0.25) is 0 Å². The summed E-state index contributed by atoms with van der Waals surface area (Å²) in [6, 6.07) is 10.2. The molecule has 0 amide bonds. The van der Waals surface area contributed by atoms with E-state index in [1.807, 2.05) is 16.9 Å². The summed E-state index contributed by atoms with van der Waals surface area (Å²) < 4.78 is 1.84. The van der Waals surface area contributed by atoms with Crippen LogP contribution in [0.4, 0.5) is 0 Å². The predicted octanol–water partition coefficient (Wildman–Crippen LogP) is 3.73. The number of halogens is 1. The zero-order valence-corrected chi connectivity index (χ0v) is 19.5. The number of nitrogens with one attached hydrogen (secondary N) is 2. The van der Waals surface area contributed by atoms with Crippen LogP contribution < -0.4 is 10.6 Å². The average molecular weight is 499 g/mol. The van der Waals surface area contributed by atoms with Crippen molar-refractivity contribution in [3.8, 4) is 5.69 Å². The molecule has 28 heavy (non-hydrogen) atoms. The van der Waals surface area contributed by atoms with Crippen molar-refractivity contribution in [2.75, 3.05) is 19.7 Å². The summed E-state index contributed by atoms with van der Waals surface area (Å²) in [5.74, 6) is 0.817. The van der Waals surface area contributed by atoms with Crippen LogP contribution in [0, 0.1) is 5.41 Å². The molecule has 6 nitrogen and oxygen atoms in total. The zero-order valence-electron chi connectivity index (χ0n) is 17.2. The summed E-state index contributed by atoms with van der Waals surface area (Å²) in [5.41, 5.74) is 2.30. The van der Waals surface area contributed by atoms with Gasteiger partial charge in [-0.2, -0.15) is 5.10 Å². The molecule has 0 aliphatic rings. The second-order valence-electron chi connectivity index (χ2n) is 6.85. The van der Waals surface area contributed by atoms with Crippen molar-refractivity contribution in [3.05, 3.63) is 48.3 Å². The SMILES string of the molecule is CCNC(=NCc1ccc(-n2cccn2)cc1)NCC(CC)(CC)CCO.I. The molecule has 0 bridgehead atoms. The van der Waals surface area contributed by atoms with Crippen molar-refractivity contribution in [1.29, 1.82) is 0 Å². The fraction of sp³-hybridized carbons (Fsp3) is 0.524. The van der Waals surface area contributed by atoms with Crippen LogP contribution in [0.15, 0.2) is 47.7 Å². The molecule has 0 unspecified atom stereocenters. The minimum Gasteiger partial charge on any atom is -0.396 e. The van der Waals surface area contributed by atoms with E-state index in [-0.39, 0.29) is 36.0 Å². The minimum atomic E-state index is 0. The first-order chi connectivity index (χ1) is 13.2. The van der Waals surface area contributed by atoms with E-state index in [1.54, 1.807) is 6.20 Å². The molecule has 2 aromatic rings. The van der Waals surface area contributed by atoms with Gasteiger partial charge in [0.2, 0.25) is 0 Å². The van der Waals surface area contributed by atoms with Gasteiger partial charge in [-0.25, -0.2) is 9.67 Å². The molecular formula is C21H34IN5O. The van der Waals surface area contributed by atoms with Crippen molar-refractivity contribution in [1.82, 2.24) is 20.4 Å². The number of guanidine groups is 1. The molecule has 0 radical (unpaired) electrons. The first kappa shape index (κ1) is 24.4. The summed E-state index contributed by atoms with van der Waals surface area (Å²) in [6.45, 7) is 8.90. The molecule has 0 fully saturated rings. The summed E-state index contributed by atoms with van der Waals surface area (Å²) >= 11 is 0. The number of hydrogen-bond donors (Lipinski definition) is 3. The standard InChI is InChI=1S/C21H33N5O.HI/c1-4-21(5-2,12-15-27)17-24-20(22-6-3)23-16-18-8-10-19(11-9-18)26-14-7-13-25-26;/h7-11,13-14,27H,4-6,12,15-17H2,1-3H3,(H2,22,23,24);1H. The molecule has 0 spiro atoms. The lowest BCUT2D eigenvalue weighted by Gasteiger charge is -2.32. The largest absolute Gasteiger partial charge is 0.396 e. The van der Waals surface area contributed by atoms with Gasteiger partial charge < -0.3 is 15.7 Å². The van der Waals surface area contributed by atoms with Crippen molar-refractivity contribution in [2.24, 2.45) is 10.4 Å². The Balaban J connectivity index is 0.00000392. The highest BCUT2D eigenvalue weighted by Crippen LogP contribution is 2.29. The minimum absolute atomic E-state index is 0. The van der Waals surface area contributed by atoms with E-state index in [1.165, 1.54) is 0 Å². The first-order valence-corrected chi connectivity index (χ1v) is 9.88. The maximum atomic E-state index is 9.40. The summed E-state index contributed by atoms with van der Waals surface area (Å²) in [6.07, 6.45) is 6.58. The summed E-state index contributed by atoms with van der Waals surface area (Å²) in [4.78, 5) is 4.72. The Bertz CT molecular complexity index is 681. The maximum absolute atomic E-state index is 9.40. The van der Waals surface area contributed by atoms with Crippen LogP contribution in [0.3, 0.4) is 0 Å². The quantitative estimate of drug-likeness (QED) is 0.265. The van der Waals surface area contributed by atoms with E-state index in [2.05, 4.69) is 60.8 Å². The lowest BCUT2D eigenvalue weighted by Crippen LogP contribution is -2.43. The van der Waals surface area contributed by atoms with Gasteiger partial charge in [0.05, 0.1) is 12.2 Å². The van der Waals surface area contributed by atoms with Gasteiger partial charge in [-0.3, -0.25) is 0 Å². The van der Waals surface area contributed by atoms with Gasteiger partial charge in [-0.1, -0.05) is 26.0 Å². The normalized spacial score (nSPS) is 11.8. The van der Waals surface area contributed by atoms with Gasteiger partial charge in [0.15, 0.2) is 5.96 Å². The third-order valence-corrected chi connectivity index (χ3v) is 5.24. The van der Waals surface area contributed by atoms with E-state index in [4.69, 9.17) is 4.99 Å². The highest BCUT2D eigenvalue weighted by molar-refractivity contribution is 14.0. The Kier molecular flexibility index (Phi) is 11.1. The number of aromatic nitrogens is 2. The van der Waals surface area contributed by atoms with E-state index >= 15 is 0 Å². The van der Waals surface area contributed by atoms with Crippen LogP contribution in [-0.2, 0) is 6.54 Å². The molecule has 0 saturated heterocycles. The number of hydrogen-bond acceptors (Lipinski definition) is 3. The monoisotopic (exact) mass is 499 g/mol. The molecule has 1 aromatic heterocycles. The molecule has 2 rings (SSSR count). The van der Waals surface area contributed by atoms with Crippen molar-refractivity contribution in [2.45, 2.75) is 46.6 Å². The fourth-order valence-corrected chi connectivity index (χ4v) is 3.14. The average Bonchev–Trinajstić information content (AvgIpc) is 3.24. The number of aliphatic imine (C=N–C) groups is 1. The molecule has 0 aliphatic carbocycles. The second kappa shape index (κ2) is 12.8. The lowest BCUT2D eigenvalue weighted by atomic mass is 9.79. The van der Waals surface area contributed by atoms with Gasteiger partial charge in [0.1, 0.15) is 0 Å². The number of aliphatic hydroxyl groups is 1. The molecular weight excluding hydrogens is 465 g/mol. The van der Waals surface area contributed by atoms with Crippen molar-refractivity contribution < 1.29 is 5.11 Å². The number of nitrogens with zero attached hydrogens (tertiary/aromatic N) is 3. The van der Waals surface area contributed by atoms with Crippen molar-refractivity contribution in [3.63, 3.8) is 0 Å². The van der Waals surface area contributed by atoms with E-state index in [0.717, 1.165) is 49.6 Å². The van der Waals surface area contributed by atoms with Crippen LogP contribution in [-0.4, -0.2) is 40.5 Å². The van der Waals surface area contributed by atoms with Gasteiger partial charge in [-0.05, 0) is 55.4 Å². The van der Waals surface area contributed by atoms with Crippen LogP contribution in [0.5, 0.6) is 0 Å². The topological polar surface area (TPSA) is 74.5 Å². The summed E-state index contributed by atoms with van der Waals surface area (Å²) in [5, 5.41) is 20.4. The smallest absolute Gasteiger partial charge is 0.191 e. The first-order valence-electron chi connectivity index (χ1n) is 9.88. The Labute approximate surface area is 185 Å². The Morgan fingerprint density at radius 2 is 1.86 bits per heavy atom. The number of benzene rings is 1. The molecule has 7 heteroatoms. The molecule has 156 valence electrons. The lowest BCUT2D eigenvalue weighted by molar-refractivity contribution is 0.169. The van der Waals surface area contributed by atoms with Crippen LogP contribution in [0.1, 0.15) is 45.6 Å². The molecule has 0 saturated carbocycles. The molecule has 3 N–H and O–H groups in total. The highest BCUT2D eigenvalue weighted by atomic mass is 127. The van der Waals surface area contributed by atoms with E-state index in [9.17, 15) is 5.11 Å². The molecule has 0 atom stereocenters. The number of aliphatic hydroxyl groups excluding tert-OH is 1. The van der Waals surface area contributed by atoms with Gasteiger partial charge in [-0.15, -0.1) is 24.0 Å². The third kappa shape index (κ3) is 7.09. The van der Waals surface area contributed by atoms with Crippen LogP contribution >= 0.6 is 24.0 Å². The maximum Gasteiger partial charge on any atom is 0.191 e. The third-order valence-electron chi connectivity index (χ3n) is 5.24. The Hall–Kier alpha value is -1.61. The molecule has 0 aliphatic heterocycles. The van der Waals surface area contributed by atoms with E-state index in [0.29, 0.717) is 6.54 Å². The second-order valence-corrected chi connectivity index (χ2v) is 6.85. The van der Waals surface area contributed by atoms with Gasteiger partial charge in [0, 0.05) is 32.1 Å². The Morgan fingerprint density at radius 1 is 1.14 bits per heavy atom. The number of rotatable bonds is 10. The van der Waals surface area contributed by atoms with Gasteiger partial charge >= 0.3 is 0 Å². The predicted molar refractivity (Wildman–Crippen MR) is 127 cm³/mol. The zero-order chi connectivity index (χ0) is 19.5.